The molecule has 1 unspecified atom stereocenters. The van der Waals surface area contributed by atoms with Crippen molar-refractivity contribution in [2.45, 2.75) is 57.3 Å². The van der Waals surface area contributed by atoms with Crippen molar-refractivity contribution < 1.29 is 9.59 Å². The molecular weight excluding hydrogens is 384 g/mol. The topological polar surface area (TPSA) is 67.2 Å². The molecule has 0 aromatic carbocycles. The van der Waals surface area contributed by atoms with Crippen LogP contribution in [0.25, 0.3) is 10.2 Å². The van der Waals surface area contributed by atoms with Gasteiger partial charge < -0.3 is 14.8 Å². The third-order valence-electron chi connectivity index (χ3n) is 6.27. The summed E-state index contributed by atoms with van der Waals surface area (Å²) in [6.45, 7) is 2.64. The Hall–Kier alpha value is -2.67. The summed E-state index contributed by atoms with van der Waals surface area (Å²) in [5.74, 6) is -0.189. The summed E-state index contributed by atoms with van der Waals surface area (Å²) in [7, 11) is 0. The molecule has 3 aromatic heterocycles. The van der Waals surface area contributed by atoms with Gasteiger partial charge in [0.05, 0.1) is 29.0 Å². The molecule has 6 nitrogen and oxygen atoms in total. The Balaban J connectivity index is 1.55. The van der Waals surface area contributed by atoms with Crippen LogP contribution in [0.1, 0.15) is 48.8 Å². The molecule has 7 heteroatoms. The number of aromatic nitrogens is 2. The molecule has 1 fully saturated rings. The number of carbonyl (C=O) groups excluding carboxylic acids is 2. The lowest BCUT2D eigenvalue weighted by atomic mass is 9.93. The van der Waals surface area contributed by atoms with Crippen LogP contribution in [0.15, 0.2) is 41.9 Å². The lowest BCUT2D eigenvalue weighted by Crippen LogP contribution is -2.64. The van der Waals surface area contributed by atoms with Crippen molar-refractivity contribution in [3.05, 3.63) is 53.3 Å². The molecule has 0 spiro atoms. The van der Waals surface area contributed by atoms with Gasteiger partial charge in [-0.1, -0.05) is 18.9 Å². The van der Waals surface area contributed by atoms with E-state index in [0.717, 1.165) is 41.6 Å². The van der Waals surface area contributed by atoms with Crippen LogP contribution in [0.3, 0.4) is 0 Å². The van der Waals surface area contributed by atoms with E-state index in [1.165, 1.54) is 0 Å². The third kappa shape index (κ3) is 3.04. The van der Waals surface area contributed by atoms with E-state index in [-0.39, 0.29) is 17.9 Å². The van der Waals surface area contributed by atoms with Crippen LogP contribution in [0, 0.1) is 0 Å². The van der Waals surface area contributed by atoms with Crippen molar-refractivity contribution in [1.29, 1.82) is 0 Å². The third-order valence-corrected chi connectivity index (χ3v) is 7.13. The summed E-state index contributed by atoms with van der Waals surface area (Å²) >= 11 is 1.62. The number of thiophene rings is 1. The summed E-state index contributed by atoms with van der Waals surface area (Å²) in [5.41, 5.74) is 1.48. The van der Waals surface area contributed by atoms with Gasteiger partial charge in [0.15, 0.2) is 0 Å². The van der Waals surface area contributed by atoms with E-state index in [2.05, 4.69) is 10.3 Å². The summed E-state index contributed by atoms with van der Waals surface area (Å²) in [6, 6.07) is 9.84. The predicted octanol–water partition coefficient (Wildman–Crippen LogP) is 3.57. The number of nitrogens with zero attached hydrogens (tertiary/aromatic N) is 3. The second-order valence-electron chi connectivity index (χ2n) is 8.23. The zero-order chi connectivity index (χ0) is 20.0. The highest BCUT2D eigenvalue weighted by atomic mass is 32.1. The molecule has 1 atom stereocenters. The maximum atomic E-state index is 13.5. The number of nitrogens with one attached hydrogen (secondary N) is 1. The first kappa shape index (κ1) is 18.4. The SMILES string of the molecule is CC1(C(=O)NC2CCCC2)Cn2c(cc3sccc32)C(=O)N1Cc1ccccn1. The standard InChI is InChI=1S/C22H24N4O2S/c1-22(21(28)24-15-6-2-3-7-15)14-25-17-9-11-29-19(17)12-18(25)20(27)26(22)13-16-8-4-5-10-23-16/h4-5,8-12,15H,2-3,6-7,13-14H2,1H3,(H,24,28). The Morgan fingerprint density at radius 2 is 2.14 bits per heavy atom. The van der Waals surface area contributed by atoms with Crippen LogP contribution < -0.4 is 5.32 Å². The quantitative estimate of drug-likeness (QED) is 0.718. The first-order valence-corrected chi connectivity index (χ1v) is 11.0. The van der Waals surface area contributed by atoms with Crippen LogP contribution in [0.4, 0.5) is 0 Å². The number of fused-ring (bicyclic) bond motifs is 3. The number of amides is 2. The fourth-order valence-corrected chi connectivity index (χ4v) is 5.41. The molecule has 0 bridgehead atoms. The molecule has 1 saturated carbocycles. The second-order valence-corrected chi connectivity index (χ2v) is 9.17. The Bertz CT molecular complexity index is 1070. The number of hydrogen-bond acceptors (Lipinski definition) is 4. The molecule has 5 rings (SSSR count). The van der Waals surface area contributed by atoms with Gasteiger partial charge in [-0.15, -0.1) is 11.3 Å². The minimum absolute atomic E-state index is 0.0728. The summed E-state index contributed by atoms with van der Waals surface area (Å²) < 4.78 is 3.09. The Labute approximate surface area is 173 Å². The van der Waals surface area contributed by atoms with Crippen molar-refractivity contribution in [3.8, 4) is 0 Å². The highest BCUT2D eigenvalue weighted by Gasteiger charge is 2.48. The van der Waals surface area contributed by atoms with E-state index in [0.29, 0.717) is 18.8 Å². The van der Waals surface area contributed by atoms with Crippen LogP contribution in [-0.2, 0) is 17.9 Å². The van der Waals surface area contributed by atoms with E-state index >= 15 is 0 Å². The minimum Gasteiger partial charge on any atom is -0.351 e. The number of hydrogen-bond donors (Lipinski definition) is 1. The first-order chi connectivity index (χ1) is 14.1. The highest BCUT2D eigenvalue weighted by Crippen LogP contribution is 2.35. The van der Waals surface area contributed by atoms with Gasteiger partial charge in [0.25, 0.3) is 5.91 Å². The van der Waals surface area contributed by atoms with Gasteiger partial charge in [-0.05, 0) is 49.4 Å². The van der Waals surface area contributed by atoms with Crippen molar-refractivity contribution in [1.82, 2.24) is 19.8 Å². The Kier molecular flexibility index (Phi) is 4.42. The van der Waals surface area contributed by atoms with Crippen molar-refractivity contribution >= 4 is 33.4 Å². The molecule has 0 saturated heterocycles. The lowest BCUT2D eigenvalue weighted by molar-refractivity contribution is -0.133. The Morgan fingerprint density at radius 1 is 1.31 bits per heavy atom. The van der Waals surface area contributed by atoms with Crippen LogP contribution >= 0.6 is 11.3 Å². The van der Waals surface area contributed by atoms with Gasteiger partial charge in [0.1, 0.15) is 11.2 Å². The van der Waals surface area contributed by atoms with Gasteiger partial charge in [-0.25, -0.2) is 0 Å². The van der Waals surface area contributed by atoms with Crippen LogP contribution in [0.2, 0.25) is 0 Å². The largest absolute Gasteiger partial charge is 0.351 e. The summed E-state index contributed by atoms with van der Waals surface area (Å²) in [6.07, 6.45) is 6.04. The molecule has 0 radical (unpaired) electrons. The number of rotatable bonds is 4. The fourth-order valence-electron chi connectivity index (χ4n) is 4.59. The van der Waals surface area contributed by atoms with Gasteiger partial charge in [0, 0.05) is 12.2 Å². The smallest absolute Gasteiger partial charge is 0.271 e. The molecular formula is C22H24N4O2S. The van der Waals surface area contributed by atoms with Gasteiger partial charge in [-0.2, -0.15) is 0 Å². The molecule has 3 aromatic rings. The maximum absolute atomic E-state index is 13.5. The fraction of sp³-hybridized carbons (Fsp3) is 0.409. The van der Waals surface area contributed by atoms with Crippen LogP contribution in [0.5, 0.6) is 0 Å². The zero-order valence-corrected chi connectivity index (χ0v) is 17.2. The monoisotopic (exact) mass is 408 g/mol. The van der Waals surface area contributed by atoms with Crippen molar-refractivity contribution in [2.24, 2.45) is 0 Å². The van der Waals surface area contributed by atoms with E-state index in [1.54, 1.807) is 22.4 Å². The minimum atomic E-state index is -0.974. The molecule has 1 N–H and O–H groups in total. The second kappa shape index (κ2) is 6.99. The average molecular weight is 409 g/mol. The normalized spacial score (nSPS) is 22.2. The average Bonchev–Trinajstić information content (AvgIpc) is 3.45. The predicted molar refractivity (Wildman–Crippen MR) is 113 cm³/mol. The lowest BCUT2D eigenvalue weighted by Gasteiger charge is -2.44. The highest BCUT2D eigenvalue weighted by molar-refractivity contribution is 7.17. The Morgan fingerprint density at radius 3 is 2.90 bits per heavy atom. The van der Waals surface area contributed by atoms with E-state index < -0.39 is 5.54 Å². The molecule has 29 heavy (non-hydrogen) atoms. The van der Waals surface area contributed by atoms with E-state index in [9.17, 15) is 9.59 Å². The number of pyridine rings is 1. The van der Waals surface area contributed by atoms with Crippen molar-refractivity contribution in [2.75, 3.05) is 0 Å². The van der Waals surface area contributed by atoms with Gasteiger partial charge >= 0.3 is 0 Å². The zero-order valence-electron chi connectivity index (χ0n) is 16.4. The van der Waals surface area contributed by atoms with Gasteiger partial charge in [0.2, 0.25) is 5.91 Å². The maximum Gasteiger partial charge on any atom is 0.271 e. The summed E-state index contributed by atoms with van der Waals surface area (Å²) in [4.78, 5) is 33.1. The van der Waals surface area contributed by atoms with Gasteiger partial charge in [-0.3, -0.25) is 14.6 Å². The molecule has 1 aliphatic heterocycles. The van der Waals surface area contributed by atoms with Crippen molar-refractivity contribution in [3.63, 3.8) is 0 Å². The summed E-state index contributed by atoms with van der Waals surface area (Å²) in [5, 5.41) is 5.25. The van der Waals surface area contributed by atoms with E-state index in [4.69, 9.17) is 0 Å². The number of carbonyl (C=O) groups is 2. The molecule has 2 amide bonds. The van der Waals surface area contributed by atoms with Crippen LogP contribution in [-0.4, -0.2) is 37.8 Å². The molecule has 2 aliphatic rings. The molecule has 150 valence electrons. The first-order valence-electron chi connectivity index (χ1n) is 10.2. The molecule has 1 aliphatic carbocycles. The molecule has 4 heterocycles. The van der Waals surface area contributed by atoms with E-state index in [1.807, 2.05) is 47.2 Å².